The monoisotopic (exact) mass is 357 g/mol. The van der Waals surface area contributed by atoms with Crippen LogP contribution in [0.1, 0.15) is 44.7 Å². The average Bonchev–Trinajstić information content (AvgIpc) is 3.12. The molecular formula is C20H27N3O3. The van der Waals surface area contributed by atoms with Gasteiger partial charge in [-0.25, -0.2) is 4.98 Å². The van der Waals surface area contributed by atoms with Crippen molar-refractivity contribution in [1.82, 2.24) is 14.9 Å². The van der Waals surface area contributed by atoms with Gasteiger partial charge in [-0.15, -0.1) is 0 Å². The Bertz CT molecular complexity index is 706. The molecule has 140 valence electrons. The summed E-state index contributed by atoms with van der Waals surface area (Å²) in [5.74, 6) is -0.234. The van der Waals surface area contributed by atoms with Gasteiger partial charge in [-0.1, -0.05) is 31.2 Å². The predicted octanol–water partition coefficient (Wildman–Crippen LogP) is 2.82. The van der Waals surface area contributed by atoms with Gasteiger partial charge in [-0.05, 0) is 31.4 Å². The molecule has 0 atom stereocenters. The van der Waals surface area contributed by atoms with Gasteiger partial charge >= 0.3 is 5.97 Å². The van der Waals surface area contributed by atoms with Gasteiger partial charge in [0.1, 0.15) is 0 Å². The summed E-state index contributed by atoms with van der Waals surface area (Å²) < 4.78 is 6.97. The third kappa shape index (κ3) is 6.02. The van der Waals surface area contributed by atoms with E-state index in [1.54, 1.807) is 12.5 Å². The van der Waals surface area contributed by atoms with Gasteiger partial charge in [0, 0.05) is 25.4 Å². The van der Waals surface area contributed by atoms with Crippen molar-refractivity contribution in [2.45, 2.75) is 52.1 Å². The van der Waals surface area contributed by atoms with Crippen LogP contribution in [-0.2, 0) is 32.8 Å². The number of ether oxygens (including phenoxy) is 1. The number of amides is 1. The van der Waals surface area contributed by atoms with Crippen LogP contribution in [0.4, 0.5) is 0 Å². The minimum absolute atomic E-state index is 0.0177. The molecule has 0 saturated carbocycles. The Balaban J connectivity index is 1.89. The molecule has 1 heterocycles. The topological polar surface area (TPSA) is 73.2 Å². The fourth-order valence-electron chi connectivity index (χ4n) is 2.61. The Morgan fingerprint density at radius 2 is 1.96 bits per heavy atom. The summed E-state index contributed by atoms with van der Waals surface area (Å²) in [5.41, 5.74) is 1.39. The Morgan fingerprint density at radius 3 is 2.58 bits per heavy atom. The Labute approximate surface area is 154 Å². The van der Waals surface area contributed by atoms with Crippen molar-refractivity contribution in [2.24, 2.45) is 0 Å². The quantitative estimate of drug-likeness (QED) is 0.701. The minimum Gasteiger partial charge on any atom is -0.465 e. The first-order valence-electron chi connectivity index (χ1n) is 8.92. The van der Waals surface area contributed by atoms with Gasteiger partial charge in [0.05, 0.1) is 24.9 Å². The Kier molecular flexibility index (Phi) is 6.95. The van der Waals surface area contributed by atoms with Gasteiger partial charge in [0.15, 0.2) is 0 Å². The molecule has 0 spiro atoms. The number of aromatic nitrogens is 2. The van der Waals surface area contributed by atoms with Crippen LogP contribution in [0, 0.1) is 0 Å². The molecule has 1 aromatic heterocycles. The fourth-order valence-corrected chi connectivity index (χ4v) is 2.61. The second kappa shape index (κ2) is 9.17. The van der Waals surface area contributed by atoms with Crippen LogP contribution in [-0.4, -0.2) is 28.0 Å². The number of aryl methyl sites for hydroxylation is 1. The highest BCUT2D eigenvalue weighted by Crippen LogP contribution is 2.21. The Hall–Kier alpha value is -2.63. The zero-order chi connectivity index (χ0) is 19.0. The lowest BCUT2D eigenvalue weighted by molar-refractivity contribution is -0.142. The number of imidazole rings is 1. The van der Waals surface area contributed by atoms with Crippen LogP contribution in [0.3, 0.4) is 0 Å². The summed E-state index contributed by atoms with van der Waals surface area (Å²) >= 11 is 0. The van der Waals surface area contributed by atoms with Gasteiger partial charge < -0.3 is 14.6 Å². The summed E-state index contributed by atoms with van der Waals surface area (Å²) in [6.45, 7) is 6.95. The average molecular weight is 357 g/mol. The Morgan fingerprint density at radius 1 is 1.23 bits per heavy atom. The summed E-state index contributed by atoms with van der Waals surface area (Å²) in [7, 11) is 0. The number of carbonyl (C=O) groups is 2. The molecule has 0 saturated heterocycles. The zero-order valence-electron chi connectivity index (χ0n) is 15.7. The molecule has 2 rings (SSSR count). The van der Waals surface area contributed by atoms with Crippen molar-refractivity contribution < 1.29 is 14.3 Å². The van der Waals surface area contributed by atoms with E-state index in [1.807, 2.05) is 55.8 Å². The molecule has 0 fully saturated rings. The molecule has 0 aliphatic rings. The van der Waals surface area contributed by atoms with E-state index in [0.717, 1.165) is 17.5 Å². The van der Waals surface area contributed by atoms with E-state index < -0.39 is 5.54 Å². The normalized spacial score (nSPS) is 11.2. The first-order valence-corrected chi connectivity index (χ1v) is 8.92. The van der Waals surface area contributed by atoms with Crippen LogP contribution in [0.25, 0.3) is 0 Å². The maximum absolute atomic E-state index is 12.2. The van der Waals surface area contributed by atoms with Crippen LogP contribution in [0.15, 0.2) is 43.0 Å². The second-order valence-electron chi connectivity index (χ2n) is 6.82. The number of rotatable bonds is 9. The van der Waals surface area contributed by atoms with Crippen molar-refractivity contribution >= 4 is 11.9 Å². The van der Waals surface area contributed by atoms with Gasteiger partial charge in [-0.3, -0.25) is 9.59 Å². The molecule has 0 aliphatic carbocycles. The lowest BCUT2D eigenvalue weighted by Crippen LogP contribution is -2.41. The van der Waals surface area contributed by atoms with Crippen LogP contribution in [0.2, 0.25) is 0 Å². The SMILES string of the molecule is CCCOC(=O)Cc1ccc(C(C)(C)NC(=O)CCn2ccnc2)cc1. The van der Waals surface area contributed by atoms with E-state index in [2.05, 4.69) is 10.3 Å². The van der Waals surface area contributed by atoms with E-state index in [4.69, 9.17) is 4.74 Å². The molecule has 1 amide bonds. The maximum atomic E-state index is 12.2. The molecule has 0 bridgehead atoms. The van der Waals surface area contributed by atoms with Crippen LogP contribution in [0.5, 0.6) is 0 Å². The number of nitrogens with zero attached hydrogens (tertiary/aromatic N) is 2. The maximum Gasteiger partial charge on any atom is 0.310 e. The van der Waals surface area contributed by atoms with Crippen LogP contribution < -0.4 is 5.32 Å². The highest BCUT2D eigenvalue weighted by atomic mass is 16.5. The van der Waals surface area contributed by atoms with E-state index >= 15 is 0 Å². The molecule has 2 aromatic rings. The number of esters is 1. The molecule has 1 N–H and O–H groups in total. The number of nitrogens with one attached hydrogen (secondary N) is 1. The van der Waals surface area contributed by atoms with Crippen molar-refractivity contribution in [3.8, 4) is 0 Å². The van der Waals surface area contributed by atoms with Crippen LogP contribution >= 0.6 is 0 Å². The van der Waals surface area contributed by atoms with Crippen molar-refractivity contribution in [1.29, 1.82) is 0 Å². The smallest absolute Gasteiger partial charge is 0.310 e. The molecule has 6 heteroatoms. The summed E-state index contributed by atoms with van der Waals surface area (Å²) in [4.78, 5) is 27.9. The van der Waals surface area contributed by atoms with Crippen molar-refractivity contribution in [3.63, 3.8) is 0 Å². The highest BCUT2D eigenvalue weighted by Gasteiger charge is 2.22. The lowest BCUT2D eigenvalue weighted by atomic mass is 9.93. The van der Waals surface area contributed by atoms with E-state index in [-0.39, 0.29) is 18.3 Å². The lowest BCUT2D eigenvalue weighted by Gasteiger charge is -2.27. The zero-order valence-corrected chi connectivity index (χ0v) is 15.7. The number of benzene rings is 1. The number of hydrogen-bond acceptors (Lipinski definition) is 4. The summed E-state index contributed by atoms with van der Waals surface area (Å²) in [6.07, 6.45) is 6.70. The van der Waals surface area contributed by atoms with Gasteiger partial charge in [0.25, 0.3) is 0 Å². The summed E-state index contributed by atoms with van der Waals surface area (Å²) in [5, 5.41) is 3.06. The standard InChI is InChI=1S/C20H27N3O3/c1-4-13-26-19(25)14-16-5-7-17(8-6-16)20(2,3)22-18(24)9-11-23-12-10-21-15-23/h5-8,10,12,15H,4,9,11,13-14H2,1-3H3,(H,22,24). The van der Waals surface area contributed by atoms with E-state index in [0.29, 0.717) is 19.6 Å². The molecule has 26 heavy (non-hydrogen) atoms. The minimum atomic E-state index is -0.493. The van der Waals surface area contributed by atoms with Gasteiger partial charge in [-0.2, -0.15) is 0 Å². The highest BCUT2D eigenvalue weighted by molar-refractivity contribution is 5.77. The first kappa shape index (κ1) is 19.7. The molecule has 0 aliphatic heterocycles. The first-order chi connectivity index (χ1) is 12.4. The van der Waals surface area contributed by atoms with Crippen molar-refractivity contribution in [3.05, 3.63) is 54.1 Å². The molecular weight excluding hydrogens is 330 g/mol. The number of carbonyl (C=O) groups excluding carboxylic acids is 2. The van der Waals surface area contributed by atoms with Gasteiger partial charge in [0.2, 0.25) is 5.91 Å². The summed E-state index contributed by atoms with van der Waals surface area (Å²) in [6, 6.07) is 7.70. The molecule has 0 unspecified atom stereocenters. The largest absolute Gasteiger partial charge is 0.465 e. The van der Waals surface area contributed by atoms with Crippen molar-refractivity contribution in [2.75, 3.05) is 6.61 Å². The van der Waals surface area contributed by atoms with E-state index in [9.17, 15) is 9.59 Å². The third-order valence-corrected chi connectivity index (χ3v) is 4.10. The molecule has 1 aromatic carbocycles. The third-order valence-electron chi connectivity index (χ3n) is 4.10. The second-order valence-corrected chi connectivity index (χ2v) is 6.82. The fraction of sp³-hybridized carbons (Fsp3) is 0.450. The number of hydrogen-bond donors (Lipinski definition) is 1. The predicted molar refractivity (Wildman–Crippen MR) is 99.4 cm³/mol. The van der Waals surface area contributed by atoms with E-state index in [1.165, 1.54) is 0 Å². The molecule has 6 nitrogen and oxygen atoms in total. The molecule has 0 radical (unpaired) electrons.